The zero-order chi connectivity index (χ0) is 36.8. The fourth-order valence-electron chi connectivity index (χ4n) is 5.98. The Morgan fingerprint density at radius 2 is 1.08 bits per heavy atom. The van der Waals surface area contributed by atoms with Crippen LogP contribution in [0.25, 0.3) is 56.4 Å². The summed E-state index contributed by atoms with van der Waals surface area (Å²) in [5.74, 6) is 1.15. The summed E-state index contributed by atoms with van der Waals surface area (Å²) in [7, 11) is 0. The Morgan fingerprint density at radius 1 is 0.585 bits per heavy atom. The Labute approximate surface area is 311 Å². The van der Waals surface area contributed by atoms with Gasteiger partial charge in [-0.15, -0.1) is 0 Å². The van der Waals surface area contributed by atoms with E-state index in [0.29, 0.717) is 35.2 Å². The molecule has 8 heteroatoms. The summed E-state index contributed by atoms with van der Waals surface area (Å²) >= 11 is 0. The number of phenolic OH excluding ortho intramolecular Hbond substituents is 1. The molecule has 8 nitrogen and oxygen atoms in total. The highest BCUT2D eigenvalue weighted by molar-refractivity contribution is 5.74. The number of aromatic hydroxyl groups is 1. The number of unbranched alkanes of at least 4 members (excludes halogenated alkanes) is 5. The molecule has 1 heterocycles. The molecule has 1 atom stereocenters. The van der Waals surface area contributed by atoms with E-state index in [0.717, 1.165) is 52.6 Å². The minimum Gasteiger partial charge on any atom is -0.507 e. The molecule has 0 aliphatic carbocycles. The molecule has 1 aromatic heterocycles. The van der Waals surface area contributed by atoms with Crippen molar-refractivity contribution in [2.75, 3.05) is 13.2 Å². The third-order valence-corrected chi connectivity index (χ3v) is 8.96. The predicted octanol–water partition coefficient (Wildman–Crippen LogP) is 9.95. The number of hydrogen-bond acceptors (Lipinski definition) is 8. The van der Waals surface area contributed by atoms with Crippen molar-refractivity contribution < 1.29 is 24.5 Å². The van der Waals surface area contributed by atoms with Gasteiger partial charge in [0, 0.05) is 23.6 Å². The number of aliphatic hydroxyl groups is 1. The van der Waals surface area contributed by atoms with Crippen LogP contribution in [0.4, 0.5) is 0 Å². The number of hydrogen-bond donors (Lipinski definition) is 2. The molecule has 1 unspecified atom stereocenters. The predicted molar refractivity (Wildman–Crippen MR) is 209 cm³/mol. The number of ether oxygens (including phenoxy) is 2. The summed E-state index contributed by atoms with van der Waals surface area (Å²) in [6.07, 6.45) is 5.81. The first-order valence-electron chi connectivity index (χ1n) is 18.3. The molecule has 5 aromatic carbocycles. The number of benzene rings is 5. The maximum absolute atomic E-state index is 12.1. The van der Waals surface area contributed by atoms with Gasteiger partial charge in [-0.3, -0.25) is 4.79 Å². The molecule has 0 aliphatic rings. The van der Waals surface area contributed by atoms with E-state index in [1.807, 2.05) is 84.9 Å². The molecule has 0 amide bonds. The molecule has 6 rings (SSSR count). The number of aliphatic hydroxyl groups excluding tert-OH is 1. The Balaban J connectivity index is 1.18. The summed E-state index contributed by atoms with van der Waals surface area (Å²) in [4.78, 5) is 26.6. The van der Waals surface area contributed by atoms with Gasteiger partial charge in [0.25, 0.3) is 0 Å². The molecular weight excluding hydrogens is 663 g/mol. The Bertz CT molecular complexity index is 1950. The van der Waals surface area contributed by atoms with Crippen molar-refractivity contribution in [3.8, 4) is 67.9 Å². The summed E-state index contributed by atoms with van der Waals surface area (Å²) in [6, 6.07) is 41.2. The van der Waals surface area contributed by atoms with E-state index in [4.69, 9.17) is 24.4 Å². The highest BCUT2D eigenvalue weighted by atomic mass is 16.5. The lowest BCUT2D eigenvalue weighted by Crippen LogP contribution is -2.25. The van der Waals surface area contributed by atoms with Crippen LogP contribution in [0, 0.1) is 0 Å². The summed E-state index contributed by atoms with van der Waals surface area (Å²) in [5.41, 5.74) is 6.37. The van der Waals surface area contributed by atoms with Crippen LogP contribution < -0.4 is 4.74 Å². The van der Waals surface area contributed by atoms with Gasteiger partial charge in [-0.2, -0.15) is 0 Å². The van der Waals surface area contributed by atoms with E-state index >= 15 is 0 Å². The van der Waals surface area contributed by atoms with E-state index < -0.39 is 6.10 Å². The normalized spacial score (nSPS) is 11.6. The monoisotopic (exact) mass is 707 g/mol. The van der Waals surface area contributed by atoms with Crippen LogP contribution in [0.3, 0.4) is 0 Å². The van der Waals surface area contributed by atoms with Crippen molar-refractivity contribution >= 4 is 5.97 Å². The standard InChI is InChI=1S/C45H45N3O5/c1-2-3-4-5-6-13-18-42(51)53-31-38(49)30-52-39-27-28-40(41(50)29-39)45-47-43(36-23-19-34(20-24-36)32-14-9-7-10-15-32)46-44(48-45)37-25-21-35(22-26-37)33-16-11-8-12-17-33/h7-12,14-17,19-29,38,49-50H,2-6,13,18,30-31H2,1H3. The fraction of sp³-hybridized carbons (Fsp3) is 0.244. The summed E-state index contributed by atoms with van der Waals surface area (Å²) in [5, 5.41) is 21.6. The number of nitrogens with zero attached hydrogens (tertiary/aromatic N) is 3. The molecule has 0 spiro atoms. The molecule has 0 fully saturated rings. The van der Waals surface area contributed by atoms with Gasteiger partial charge < -0.3 is 19.7 Å². The van der Waals surface area contributed by atoms with Crippen molar-refractivity contribution in [2.45, 2.75) is 58.0 Å². The maximum atomic E-state index is 12.1. The third kappa shape index (κ3) is 10.4. The highest BCUT2D eigenvalue weighted by Gasteiger charge is 2.17. The third-order valence-electron chi connectivity index (χ3n) is 8.96. The van der Waals surface area contributed by atoms with E-state index in [1.54, 1.807) is 12.1 Å². The zero-order valence-corrected chi connectivity index (χ0v) is 30.0. The van der Waals surface area contributed by atoms with Crippen LogP contribution in [0.1, 0.15) is 51.9 Å². The molecule has 0 aliphatic heterocycles. The number of esters is 1. The van der Waals surface area contributed by atoms with Crippen LogP contribution >= 0.6 is 0 Å². The minimum atomic E-state index is -1.01. The summed E-state index contributed by atoms with van der Waals surface area (Å²) < 4.78 is 11.0. The van der Waals surface area contributed by atoms with Gasteiger partial charge in [0.05, 0.1) is 5.56 Å². The molecule has 0 saturated carbocycles. The van der Waals surface area contributed by atoms with Crippen molar-refractivity contribution in [3.05, 3.63) is 127 Å². The van der Waals surface area contributed by atoms with Crippen molar-refractivity contribution in [1.82, 2.24) is 15.0 Å². The number of carbonyl (C=O) groups is 1. The second-order valence-corrected chi connectivity index (χ2v) is 13.0. The molecule has 0 radical (unpaired) electrons. The fourth-order valence-corrected chi connectivity index (χ4v) is 5.98. The van der Waals surface area contributed by atoms with Gasteiger partial charge in [-0.1, -0.05) is 148 Å². The first-order chi connectivity index (χ1) is 26.0. The van der Waals surface area contributed by atoms with Gasteiger partial charge in [-0.05, 0) is 40.8 Å². The second kappa shape index (κ2) is 18.6. The van der Waals surface area contributed by atoms with Crippen molar-refractivity contribution in [2.24, 2.45) is 0 Å². The van der Waals surface area contributed by atoms with Crippen LogP contribution in [0.15, 0.2) is 127 Å². The molecule has 0 saturated heterocycles. The number of carbonyl (C=O) groups excluding carboxylic acids is 1. The van der Waals surface area contributed by atoms with Crippen LogP contribution in [0.2, 0.25) is 0 Å². The minimum absolute atomic E-state index is 0.0932. The number of phenols is 1. The second-order valence-electron chi connectivity index (χ2n) is 13.0. The smallest absolute Gasteiger partial charge is 0.305 e. The summed E-state index contributed by atoms with van der Waals surface area (Å²) in [6.45, 7) is 1.90. The number of aromatic nitrogens is 3. The van der Waals surface area contributed by atoms with Crippen molar-refractivity contribution in [3.63, 3.8) is 0 Å². The van der Waals surface area contributed by atoms with Crippen molar-refractivity contribution in [1.29, 1.82) is 0 Å². The Morgan fingerprint density at radius 3 is 1.62 bits per heavy atom. The quantitative estimate of drug-likeness (QED) is 0.0711. The number of rotatable bonds is 17. The van der Waals surface area contributed by atoms with E-state index in [-0.39, 0.29) is 24.9 Å². The molecule has 2 N–H and O–H groups in total. The van der Waals surface area contributed by atoms with E-state index in [1.165, 1.54) is 25.3 Å². The largest absolute Gasteiger partial charge is 0.507 e. The molecule has 6 aromatic rings. The SMILES string of the molecule is CCCCCCCCC(=O)OCC(O)COc1ccc(-c2nc(-c3ccc(-c4ccccc4)cc3)nc(-c3ccc(-c4ccccc4)cc3)n2)c(O)c1. The van der Waals surface area contributed by atoms with Crippen LogP contribution in [0.5, 0.6) is 11.5 Å². The van der Waals surface area contributed by atoms with E-state index in [2.05, 4.69) is 31.2 Å². The average Bonchev–Trinajstić information content (AvgIpc) is 3.21. The first kappa shape index (κ1) is 36.9. The Hall–Kier alpha value is -5.86. The van der Waals surface area contributed by atoms with E-state index in [9.17, 15) is 15.0 Å². The topological polar surface area (TPSA) is 115 Å². The van der Waals surface area contributed by atoms with Gasteiger partial charge in [0.1, 0.15) is 30.8 Å². The van der Waals surface area contributed by atoms with Gasteiger partial charge in [0.2, 0.25) is 0 Å². The van der Waals surface area contributed by atoms with Crippen LogP contribution in [-0.4, -0.2) is 50.5 Å². The lowest BCUT2D eigenvalue weighted by Gasteiger charge is -2.14. The highest BCUT2D eigenvalue weighted by Crippen LogP contribution is 2.34. The average molecular weight is 708 g/mol. The maximum Gasteiger partial charge on any atom is 0.305 e. The first-order valence-corrected chi connectivity index (χ1v) is 18.3. The molecular formula is C45H45N3O5. The van der Waals surface area contributed by atoms with Gasteiger partial charge in [0.15, 0.2) is 17.5 Å². The lowest BCUT2D eigenvalue weighted by molar-refractivity contribution is -0.147. The molecule has 0 bridgehead atoms. The Kier molecular flexibility index (Phi) is 12.9. The van der Waals surface area contributed by atoms with Gasteiger partial charge in [-0.25, -0.2) is 15.0 Å². The molecule has 53 heavy (non-hydrogen) atoms. The zero-order valence-electron chi connectivity index (χ0n) is 30.0. The molecule has 270 valence electrons. The van der Waals surface area contributed by atoms with Crippen LogP contribution in [-0.2, 0) is 9.53 Å². The lowest BCUT2D eigenvalue weighted by atomic mass is 10.0. The van der Waals surface area contributed by atoms with Gasteiger partial charge >= 0.3 is 5.97 Å².